The Bertz CT molecular complexity index is 3090. The summed E-state index contributed by atoms with van der Waals surface area (Å²) in [4.78, 5) is 48.9. The molecule has 0 aliphatic heterocycles. The molecule has 0 saturated carbocycles. The van der Waals surface area contributed by atoms with E-state index in [1.807, 2.05) is 0 Å². The van der Waals surface area contributed by atoms with E-state index in [0.717, 1.165) is 84.7 Å². The predicted molar refractivity (Wildman–Crippen MR) is 301 cm³/mol. The van der Waals surface area contributed by atoms with Gasteiger partial charge in [-0.25, -0.2) is 44.9 Å². The van der Waals surface area contributed by atoms with Crippen LogP contribution < -0.4 is 0 Å². The second-order valence-corrected chi connectivity index (χ2v) is 27.2. The van der Waals surface area contributed by atoms with Crippen molar-refractivity contribution in [3.05, 3.63) is 143 Å². The third kappa shape index (κ3) is 10.4. The van der Waals surface area contributed by atoms with Gasteiger partial charge in [-0.15, -0.1) is 0 Å². The average Bonchev–Trinajstić information content (AvgIpc) is 3.96. The zero-order valence-corrected chi connectivity index (χ0v) is 47.6. The maximum absolute atomic E-state index is 5.52. The van der Waals surface area contributed by atoms with Crippen LogP contribution in [0.15, 0.2) is 91.0 Å². The fraction of sp³-hybridized carbons (Fsp3) is 0.468. The number of para-hydroxylation sites is 6. The number of nitrogens with zero attached hydrogens (tertiary/aromatic N) is 12. The summed E-state index contributed by atoms with van der Waals surface area (Å²) in [6, 6.07) is 31.5. The van der Waals surface area contributed by atoms with Gasteiger partial charge in [0.15, 0.2) is 0 Å². The molecule has 0 atom stereocenters. The first kappa shape index (κ1) is 52.2. The van der Waals surface area contributed by atoms with E-state index in [-0.39, 0.29) is 32.5 Å². The molecule has 0 spiro atoms. The highest BCUT2D eigenvalue weighted by atomic mass is 15.2. The lowest BCUT2D eigenvalue weighted by atomic mass is 9.79. The third-order valence-electron chi connectivity index (χ3n) is 14.0. The average molecular weight is 991 g/mol. The Morgan fingerprint density at radius 1 is 0.284 bits per heavy atom. The van der Waals surface area contributed by atoms with Crippen LogP contribution in [0, 0.1) is 5.41 Å². The van der Waals surface area contributed by atoms with Crippen LogP contribution in [0.3, 0.4) is 0 Å². The summed E-state index contributed by atoms with van der Waals surface area (Å²) in [5.41, 5.74) is 9.22. The van der Waals surface area contributed by atoms with Crippen molar-refractivity contribution in [1.29, 1.82) is 0 Å². The van der Waals surface area contributed by atoms with Crippen molar-refractivity contribution >= 4 is 33.1 Å². The summed E-state index contributed by atoms with van der Waals surface area (Å²) >= 11 is 0. The topological polar surface area (TPSA) is 131 Å². The fourth-order valence-electron chi connectivity index (χ4n) is 9.49. The van der Waals surface area contributed by atoms with Crippen LogP contribution in [0.2, 0.25) is 0 Å². The van der Waals surface area contributed by atoms with E-state index in [2.05, 4.69) is 236 Å². The molecule has 3 aromatic carbocycles. The smallest absolute Gasteiger partial charge is 0.236 e. The molecule has 6 heterocycles. The van der Waals surface area contributed by atoms with Crippen molar-refractivity contribution in [3.8, 4) is 17.8 Å². The minimum absolute atomic E-state index is 0.237. The molecule has 0 saturated heterocycles. The van der Waals surface area contributed by atoms with Gasteiger partial charge >= 0.3 is 0 Å². The van der Waals surface area contributed by atoms with Crippen molar-refractivity contribution in [2.45, 2.75) is 183 Å². The largest absolute Gasteiger partial charge is 0.264 e. The monoisotopic (exact) mass is 991 g/mol. The maximum Gasteiger partial charge on any atom is 0.236 e. The van der Waals surface area contributed by atoms with E-state index in [0.29, 0.717) is 37.1 Å². The van der Waals surface area contributed by atoms with Crippen molar-refractivity contribution in [1.82, 2.24) is 58.6 Å². The van der Waals surface area contributed by atoms with Crippen LogP contribution >= 0.6 is 0 Å². The molecule has 0 aliphatic carbocycles. The zero-order chi connectivity index (χ0) is 53.7. The first-order valence-electron chi connectivity index (χ1n) is 26.4. The van der Waals surface area contributed by atoms with Gasteiger partial charge in [-0.05, 0) is 60.0 Å². The Balaban J connectivity index is 1.33. The first-order valence-corrected chi connectivity index (χ1v) is 26.4. The molecule has 0 aliphatic rings. The van der Waals surface area contributed by atoms with Crippen molar-refractivity contribution in [2.24, 2.45) is 5.41 Å². The fourth-order valence-corrected chi connectivity index (χ4v) is 9.49. The third-order valence-corrected chi connectivity index (χ3v) is 14.0. The van der Waals surface area contributed by atoms with E-state index in [1.165, 1.54) is 0 Å². The molecule has 0 bridgehead atoms. The molecule has 74 heavy (non-hydrogen) atoms. The zero-order valence-electron chi connectivity index (χ0n) is 47.6. The number of hydrogen-bond acceptors (Lipinski definition) is 9. The maximum atomic E-state index is 5.52. The van der Waals surface area contributed by atoms with Crippen molar-refractivity contribution < 1.29 is 0 Å². The summed E-state index contributed by atoms with van der Waals surface area (Å²) in [6.45, 7) is 42.2. The Labute approximate surface area is 439 Å². The van der Waals surface area contributed by atoms with Gasteiger partial charge in [-0.1, -0.05) is 168 Å². The molecule has 0 radical (unpaired) electrons. The van der Waals surface area contributed by atoms with E-state index in [1.54, 1.807) is 0 Å². The Morgan fingerprint density at radius 3 is 0.689 bits per heavy atom. The van der Waals surface area contributed by atoms with Gasteiger partial charge in [0.25, 0.3) is 0 Å². The van der Waals surface area contributed by atoms with Crippen LogP contribution in [0.25, 0.3) is 50.9 Å². The number of imidazole rings is 3. The molecule has 0 unspecified atom stereocenters. The Kier molecular flexibility index (Phi) is 12.7. The number of rotatable bonds is 9. The van der Waals surface area contributed by atoms with Gasteiger partial charge in [-0.3, -0.25) is 13.7 Å². The predicted octanol–water partition coefficient (Wildman–Crippen LogP) is 13.9. The summed E-state index contributed by atoms with van der Waals surface area (Å²) < 4.78 is 6.59. The van der Waals surface area contributed by atoms with Crippen LogP contribution in [0.5, 0.6) is 0 Å². The molecule has 12 nitrogen and oxygen atoms in total. The first-order chi connectivity index (χ1) is 34.3. The summed E-state index contributed by atoms with van der Waals surface area (Å²) in [5.74, 6) is 4.34. The number of aromatic nitrogens is 12. The summed E-state index contributed by atoms with van der Waals surface area (Å²) in [5, 5.41) is 0. The molecule has 12 heteroatoms. The standard InChI is InChI=1S/C62H78N12/c1-56(2,3)44-32-45(57(4,5)6)67-53(66-44)72-41-29-23-20-26-38(41)63-50(72)35-62(19,36-51-64-39-27-21-24-30-42(39)73(51)54-68-46(58(7,8)9)33-47(69-54)59(10,11)12)37-52-65-40-28-22-25-31-43(40)74(52)55-70-48(60(13,14)15)34-49(71-55)61(16,17)18/h20-34H,35-37H2,1-19H3. The number of hydrogen-bond donors (Lipinski definition) is 0. The van der Waals surface area contributed by atoms with Crippen LogP contribution in [0.1, 0.15) is 183 Å². The van der Waals surface area contributed by atoms with Gasteiger partial charge in [0.2, 0.25) is 17.8 Å². The summed E-state index contributed by atoms with van der Waals surface area (Å²) in [6.07, 6.45) is 1.48. The van der Waals surface area contributed by atoms with Crippen LogP contribution in [-0.2, 0) is 51.8 Å². The van der Waals surface area contributed by atoms with Crippen LogP contribution in [-0.4, -0.2) is 58.6 Å². The SMILES string of the molecule is CC(Cc1nc2ccccc2n1-c1nc(C(C)(C)C)cc(C(C)(C)C)n1)(Cc1nc2ccccc2n1-c1nc(C(C)(C)C)cc(C(C)(C)C)n1)Cc1nc2ccccc2n1-c1nc(C(C)(C)C)cc(C(C)(C)C)n1. The van der Waals surface area contributed by atoms with Crippen molar-refractivity contribution in [2.75, 3.05) is 0 Å². The second-order valence-electron chi connectivity index (χ2n) is 27.2. The lowest BCUT2D eigenvalue weighted by Gasteiger charge is -2.30. The second kappa shape index (κ2) is 18.0. The molecule has 6 aromatic heterocycles. The molecule has 0 N–H and O–H groups in total. The van der Waals surface area contributed by atoms with E-state index < -0.39 is 5.41 Å². The van der Waals surface area contributed by atoms with Gasteiger partial charge in [0.1, 0.15) is 17.5 Å². The van der Waals surface area contributed by atoms with Crippen LogP contribution in [0.4, 0.5) is 0 Å². The van der Waals surface area contributed by atoms with Gasteiger partial charge in [0, 0.05) is 51.8 Å². The molecular formula is C62H78N12. The molecule has 386 valence electrons. The van der Waals surface area contributed by atoms with Gasteiger partial charge < -0.3 is 0 Å². The van der Waals surface area contributed by atoms with Gasteiger partial charge in [0.05, 0.1) is 67.3 Å². The minimum atomic E-state index is -0.644. The Morgan fingerprint density at radius 2 is 0.486 bits per heavy atom. The van der Waals surface area contributed by atoms with Crippen molar-refractivity contribution in [3.63, 3.8) is 0 Å². The van der Waals surface area contributed by atoms with E-state index in [4.69, 9.17) is 44.9 Å². The van der Waals surface area contributed by atoms with E-state index in [9.17, 15) is 0 Å². The van der Waals surface area contributed by atoms with E-state index >= 15 is 0 Å². The highest BCUT2D eigenvalue weighted by molar-refractivity contribution is 5.79. The molecule has 9 rings (SSSR count). The lowest BCUT2D eigenvalue weighted by Crippen LogP contribution is -2.31. The molecule has 9 aromatic rings. The normalized spacial score (nSPS) is 13.5. The minimum Gasteiger partial charge on any atom is -0.264 e. The highest BCUT2D eigenvalue weighted by Gasteiger charge is 2.37. The summed E-state index contributed by atoms with van der Waals surface area (Å²) in [7, 11) is 0. The highest BCUT2D eigenvalue weighted by Crippen LogP contribution is 2.39. The molecule has 0 amide bonds. The number of fused-ring (bicyclic) bond motifs is 3. The molecule has 0 fully saturated rings. The van der Waals surface area contributed by atoms with Gasteiger partial charge in [-0.2, -0.15) is 0 Å². The molecular weight excluding hydrogens is 913 g/mol. The quantitative estimate of drug-likeness (QED) is 0.139. The Hall–Kier alpha value is -6.69. The number of benzene rings is 3. The lowest BCUT2D eigenvalue weighted by molar-refractivity contribution is 0.292.